The first kappa shape index (κ1) is 30.6. The lowest BCUT2D eigenvalue weighted by Crippen LogP contribution is -1.92. The van der Waals surface area contributed by atoms with Gasteiger partial charge in [0.2, 0.25) is 0 Å². The molecule has 174 valence electrons. The molecule has 0 bridgehead atoms. The maximum absolute atomic E-state index is 4.74. The van der Waals surface area contributed by atoms with Crippen molar-refractivity contribution >= 4 is 0 Å². The highest BCUT2D eigenvalue weighted by atomic mass is 17.2. The van der Waals surface area contributed by atoms with Crippen molar-refractivity contribution in [2.75, 3.05) is 13.7 Å². The molecular weight excluding hydrogens is 356 g/mol. The monoisotopic (exact) mass is 410 g/mol. The van der Waals surface area contributed by atoms with Gasteiger partial charge in [-0.25, -0.2) is 9.78 Å². The number of hydrogen-bond acceptors (Lipinski definition) is 2. The van der Waals surface area contributed by atoms with Gasteiger partial charge in [0.15, 0.2) is 0 Å². The van der Waals surface area contributed by atoms with Crippen LogP contribution >= 0.6 is 0 Å². The van der Waals surface area contributed by atoms with Gasteiger partial charge in [-0.15, -0.1) is 0 Å². The van der Waals surface area contributed by atoms with Crippen molar-refractivity contribution in [1.82, 2.24) is 0 Å². The van der Waals surface area contributed by atoms with Crippen LogP contribution in [-0.2, 0) is 9.78 Å². The predicted octanol–water partition coefficient (Wildman–Crippen LogP) is 9.74. The van der Waals surface area contributed by atoms with Crippen molar-refractivity contribution < 1.29 is 9.78 Å². The Bertz CT molecular complexity index is 302. The minimum absolute atomic E-state index is 0.739. The third-order valence-corrected chi connectivity index (χ3v) is 4.98. The van der Waals surface area contributed by atoms with E-state index in [9.17, 15) is 0 Å². The fourth-order valence-corrected chi connectivity index (χ4v) is 3.10. The van der Waals surface area contributed by atoms with Crippen molar-refractivity contribution in [1.29, 1.82) is 0 Å². The van der Waals surface area contributed by atoms with Crippen molar-refractivity contribution in [2.45, 2.75) is 136 Å². The summed E-state index contributed by atoms with van der Waals surface area (Å²) in [7, 11) is 1.55. The van der Waals surface area contributed by atoms with Crippen LogP contribution < -0.4 is 0 Å². The number of rotatable bonds is 21. The Morgan fingerprint density at radius 2 is 0.931 bits per heavy atom. The van der Waals surface area contributed by atoms with Crippen molar-refractivity contribution in [3.8, 4) is 0 Å². The summed E-state index contributed by atoms with van der Waals surface area (Å²) in [6.07, 6.45) is 33.3. The third-order valence-electron chi connectivity index (χ3n) is 4.98. The molecule has 0 radical (unpaired) electrons. The van der Waals surface area contributed by atoms with Gasteiger partial charge in [-0.1, -0.05) is 116 Å². The van der Waals surface area contributed by atoms with Gasteiger partial charge in [0.1, 0.15) is 0 Å². The Labute approximate surface area is 184 Å². The Morgan fingerprint density at radius 3 is 1.45 bits per heavy atom. The van der Waals surface area contributed by atoms with E-state index in [4.69, 9.17) is 4.89 Å². The third kappa shape index (κ3) is 35.2. The molecule has 0 fully saturated rings. The molecule has 0 aliphatic carbocycles. The van der Waals surface area contributed by atoms with Crippen LogP contribution in [0.3, 0.4) is 0 Å². The van der Waals surface area contributed by atoms with E-state index in [2.05, 4.69) is 50.0 Å². The van der Waals surface area contributed by atoms with Crippen LogP contribution in [-0.4, -0.2) is 13.7 Å². The minimum Gasteiger partial charge on any atom is -0.240 e. The van der Waals surface area contributed by atoms with E-state index in [1.807, 2.05) is 0 Å². The smallest absolute Gasteiger partial charge is 0.0822 e. The summed E-state index contributed by atoms with van der Waals surface area (Å²) < 4.78 is 0. The average Bonchev–Trinajstić information content (AvgIpc) is 2.74. The highest BCUT2D eigenvalue weighted by Crippen LogP contribution is 2.09. The molecule has 2 nitrogen and oxygen atoms in total. The molecule has 0 aliphatic rings. The maximum atomic E-state index is 4.74. The molecule has 0 saturated heterocycles. The van der Waals surface area contributed by atoms with Crippen molar-refractivity contribution in [2.24, 2.45) is 0 Å². The first-order valence-electron chi connectivity index (χ1n) is 12.8. The van der Waals surface area contributed by atoms with Gasteiger partial charge in [-0.05, 0) is 44.9 Å². The zero-order valence-electron chi connectivity index (χ0n) is 20.6. The number of unbranched alkanes of at least 4 members (excludes halogenated alkanes) is 14. The van der Waals surface area contributed by atoms with Crippen LogP contribution in [0.25, 0.3) is 0 Å². The standard InChI is InChI=1S/C18H34.C9H20O2/c1-3-5-7-9-11-13-15-17-18-16-14-12-10-8-6-4-2;1-3-4-5-6-7-8-9-11-10-2/h5,7,10,12H,3-4,6,8-9,11,13-18H2,1-2H3;3-9H2,1-2H3/b7-5-,12-10+;. The summed E-state index contributed by atoms with van der Waals surface area (Å²) in [6.45, 7) is 7.43. The molecular formula is C27H54O2. The highest BCUT2D eigenvalue weighted by Gasteiger charge is 1.90. The zero-order chi connectivity index (χ0) is 21.7. The fraction of sp³-hybridized carbons (Fsp3) is 0.852. The van der Waals surface area contributed by atoms with Crippen LogP contribution in [0.2, 0.25) is 0 Å². The summed E-state index contributed by atoms with van der Waals surface area (Å²) in [6, 6.07) is 0. The van der Waals surface area contributed by atoms with E-state index in [0.717, 1.165) is 13.0 Å². The van der Waals surface area contributed by atoms with Crippen molar-refractivity contribution in [3.63, 3.8) is 0 Å². The van der Waals surface area contributed by atoms with Crippen LogP contribution in [0.1, 0.15) is 136 Å². The summed E-state index contributed by atoms with van der Waals surface area (Å²) in [5, 5.41) is 0. The van der Waals surface area contributed by atoms with Crippen LogP contribution in [0.15, 0.2) is 24.3 Å². The van der Waals surface area contributed by atoms with E-state index in [1.165, 1.54) is 109 Å². The second-order valence-electron chi connectivity index (χ2n) is 7.95. The Morgan fingerprint density at radius 1 is 0.483 bits per heavy atom. The van der Waals surface area contributed by atoms with E-state index in [-0.39, 0.29) is 0 Å². The lowest BCUT2D eigenvalue weighted by Gasteiger charge is -1.99. The van der Waals surface area contributed by atoms with Crippen molar-refractivity contribution in [3.05, 3.63) is 24.3 Å². The topological polar surface area (TPSA) is 18.5 Å². The zero-order valence-corrected chi connectivity index (χ0v) is 20.6. The summed E-state index contributed by atoms with van der Waals surface area (Å²) in [5.74, 6) is 0. The molecule has 0 atom stereocenters. The van der Waals surface area contributed by atoms with Gasteiger partial charge in [-0.3, -0.25) is 0 Å². The normalized spacial score (nSPS) is 11.3. The Kier molecular flexibility index (Phi) is 33.8. The lowest BCUT2D eigenvalue weighted by molar-refractivity contribution is -0.272. The SMILES string of the molecule is CC/C=C\CCCCCCCC/C=C/CCCC.CCCCCCCCOOC. The van der Waals surface area contributed by atoms with Crippen LogP contribution in [0.4, 0.5) is 0 Å². The van der Waals surface area contributed by atoms with E-state index in [1.54, 1.807) is 7.11 Å². The van der Waals surface area contributed by atoms with Gasteiger partial charge < -0.3 is 0 Å². The largest absolute Gasteiger partial charge is 0.240 e. The van der Waals surface area contributed by atoms with Gasteiger partial charge in [-0.2, -0.15) is 0 Å². The van der Waals surface area contributed by atoms with E-state index >= 15 is 0 Å². The molecule has 0 heterocycles. The lowest BCUT2D eigenvalue weighted by atomic mass is 10.1. The van der Waals surface area contributed by atoms with E-state index < -0.39 is 0 Å². The second-order valence-corrected chi connectivity index (χ2v) is 7.95. The van der Waals surface area contributed by atoms with Gasteiger partial charge in [0.05, 0.1) is 13.7 Å². The Balaban J connectivity index is 0. The van der Waals surface area contributed by atoms with E-state index in [0.29, 0.717) is 0 Å². The van der Waals surface area contributed by atoms with Gasteiger partial charge in [0.25, 0.3) is 0 Å². The maximum Gasteiger partial charge on any atom is 0.0822 e. The van der Waals surface area contributed by atoms with Gasteiger partial charge in [0, 0.05) is 0 Å². The molecule has 0 aromatic rings. The summed E-state index contributed by atoms with van der Waals surface area (Å²) in [4.78, 5) is 9.21. The predicted molar refractivity (Wildman–Crippen MR) is 131 cm³/mol. The summed E-state index contributed by atoms with van der Waals surface area (Å²) >= 11 is 0. The molecule has 0 rings (SSSR count). The van der Waals surface area contributed by atoms with Gasteiger partial charge >= 0.3 is 0 Å². The molecule has 0 saturated carbocycles. The number of hydrogen-bond donors (Lipinski definition) is 0. The highest BCUT2D eigenvalue weighted by molar-refractivity contribution is 4.81. The Hall–Kier alpha value is -0.600. The molecule has 0 aromatic heterocycles. The first-order chi connectivity index (χ1) is 14.3. The minimum atomic E-state index is 0.739. The summed E-state index contributed by atoms with van der Waals surface area (Å²) in [5.41, 5.74) is 0. The van der Waals surface area contributed by atoms with Crippen LogP contribution in [0, 0.1) is 0 Å². The molecule has 0 spiro atoms. The fourth-order valence-electron chi connectivity index (χ4n) is 3.10. The van der Waals surface area contributed by atoms with Crippen LogP contribution in [0.5, 0.6) is 0 Å². The molecule has 0 unspecified atom stereocenters. The average molecular weight is 411 g/mol. The molecule has 0 aromatic carbocycles. The molecule has 0 amide bonds. The molecule has 0 aliphatic heterocycles. The second kappa shape index (κ2) is 32.1. The first-order valence-corrected chi connectivity index (χ1v) is 12.8. The molecule has 29 heavy (non-hydrogen) atoms. The molecule has 2 heteroatoms. The number of allylic oxidation sites excluding steroid dienone is 4. The quantitative estimate of drug-likeness (QED) is 0.0811. The molecule has 0 N–H and O–H groups in total.